The number of carbonyl (C=O) groups excluding carboxylic acids is 2. The predicted octanol–water partition coefficient (Wildman–Crippen LogP) is 3.89. The van der Waals surface area contributed by atoms with E-state index in [0.29, 0.717) is 6.42 Å². The van der Waals surface area contributed by atoms with E-state index in [4.69, 9.17) is 4.74 Å². The fraction of sp³-hybridized carbons (Fsp3) is 0.333. The van der Waals surface area contributed by atoms with E-state index < -0.39 is 36.4 Å². The minimum Gasteiger partial charge on any atom is -0.453 e. The second-order valence-electron chi connectivity index (χ2n) is 11.1. The number of esters is 1. The number of amides is 1. The summed E-state index contributed by atoms with van der Waals surface area (Å²) in [6.45, 7) is 1.83. The van der Waals surface area contributed by atoms with Gasteiger partial charge in [-0.15, -0.1) is 0 Å². The van der Waals surface area contributed by atoms with Crippen LogP contribution in [-0.4, -0.2) is 40.4 Å². The molecule has 0 unspecified atom stereocenters. The van der Waals surface area contributed by atoms with E-state index in [1.54, 1.807) is 0 Å². The number of hydrogen-bond acceptors (Lipinski definition) is 4. The predicted molar refractivity (Wildman–Crippen MR) is 156 cm³/mol. The fourth-order valence-corrected chi connectivity index (χ4v) is 11.4. The average molecular weight is 541 g/mol. The van der Waals surface area contributed by atoms with Crippen molar-refractivity contribution in [2.24, 2.45) is 11.8 Å². The van der Waals surface area contributed by atoms with Crippen LogP contribution in [0.5, 0.6) is 0 Å². The van der Waals surface area contributed by atoms with Crippen LogP contribution in [0, 0.1) is 11.8 Å². The molecule has 39 heavy (non-hydrogen) atoms. The van der Waals surface area contributed by atoms with Crippen LogP contribution in [0.3, 0.4) is 0 Å². The molecule has 2 heterocycles. The second kappa shape index (κ2) is 10.0. The third kappa shape index (κ3) is 3.90. The van der Waals surface area contributed by atoms with Gasteiger partial charge in [0.2, 0.25) is 11.4 Å². The Morgan fingerprint density at radius 1 is 0.923 bits per heavy atom. The molecular formula is C33H35NO4P+. The Hall–Kier alpha value is -3.27. The van der Waals surface area contributed by atoms with Crippen LogP contribution < -0.4 is 21.2 Å². The highest BCUT2D eigenvalue weighted by Gasteiger charge is 2.79. The van der Waals surface area contributed by atoms with Gasteiger partial charge in [0.15, 0.2) is 5.60 Å². The van der Waals surface area contributed by atoms with Crippen molar-refractivity contribution >= 4 is 35.1 Å². The fourth-order valence-electron chi connectivity index (χ4n) is 7.08. The molecule has 200 valence electrons. The summed E-state index contributed by atoms with van der Waals surface area (Å²) >= 11 is 0. The van der Waals surface area contributed by atoms with Crippen molar-refractivity contribution in [2.45, 2.75) is 49.9 Å². The average Bonchev–Trinajstić information content (AvgIpc) is 3.16. The molecular weight excluding hydrogens is 505 g/mol. The Balaban J connectivity index is 1.40. The summed E-state index contributed by atoms with van der Waals surface area (Å²) < 4.78 is 5.84. The monoisotopic (exact) mass is 540 g/mol. The third-order valence-corrected chi connectivity index (χ3v) is 13.7. The number of nitrogens with one attached hydrogen (secondary N) is 1. The van der Waals surface area contributed by atoms with Crippen LogP contribution in [0.4, 0.5) is 0 Å². The third-order valence-electron chi connectivity index (χ3n) is 9.20. The summed E-state index contributed by atoms with van der Waals surface area (Å²) in [5.41, 5.74) is -2.51. The number of ether oxygens (including phenoxy) is 1. The molecule has 3 aliphatic rings. The quantitative estimate of drug-likeness (QED) is 0.258. The number of benzene rings is 3. The highest BCUT2D eigenvalue weighted by atomic mass is 31.2. The minimum atomic E-state index is -2.17. The number of allylic oxidation sites excluding steroid dienone is 1. The molecule has 1 aliphatic carbocycles. The van der Waals surface area contributed by atoms with Crippen LogP contribution in [0.1, 0.15) is 32.6 Å². The molecule has 2 saturated heterocycles. The SMILES string of the molecule is C[C@@]12OC(=O)[C@]1([C@@H](O)[C@@H]1C=CCCC1)NC(=O)[C@@H]2CC[P+](c1ccccc1)(c1ccccc1)c1ccccc1. The van der Waals surface area contributed by atoms with Crippen LogP contribution in [-0.2, 0) is 14.3 Å². The number of rotatable bonds is 8. The zero-order valence-electron chi connectivity index (χ0n) is 22.2. The summed E-state index contributed by atoms with van der Waals surface area (Å²) in [4.78, 5) is 26.7. The molecule has 1 amide bonds. The van der Waals surface area contributed by atoms with Crippen LogP contribution in [0.2, 0.25) is 0 Å². The molecule has 6 heteroatoms. The molecule has 6 rings (SSSR count). The van der Waals surface area contributed by atoms with Crippen molar-refractivity contribution < 1.29 is 19.4 Å². The van der Waals surface area contributed by atoms with Gasteiger partial charge in [-0.2, -0.15) is 0 Å². The first-order valence-electron chi connectivity index (χ1n) is 13.9. The van der Waals surface area contributed by atoms with Gasteiger partial charge in [-0.1, -0.05) is 66.7 Å². The van der Waals surface area contributed by atoms with Crippen molar-refractivity contribution in [3.8, 4) is 0 Å². The Labute approximate surface area is 230 Å². The van der Waals surface area contributed by atoms with Gasteiger partial charge in [0.25, 0.3) is 0 Å². The molecule has 2 fully saturated rings. The standard InChI is InChI=1S/C33H34NO4P/c1-32-28(30(36)34-33(32,31(37)38-32)29(35)24-14-6-2-7-15-24)22-23-39(25-16-8-3-9-17-25,26-18-10-4-11-19-26)27-20-12-5-13-21-27/h3-6,8-14,16-21,24,28-29,35H,2,7,15,22-23H2,1H3/p+1/t24-,28+,29+,32+,33+/m1/s1. The summed E-state index contributed by atoms with van der Waals surface area (Å²) in [5, 5.41) is 18.2. The number of carbonyl (C=O) groups is 2. The molecule has 2 N–H and O–H groups in total. The molecule has 3 aromatic carbocycles. The molecule has 5 atom stereocenters. The molecule has 0 saturated carbocycles. The smallest absolute Gasteiger partial charge is 0.339 e. The largest absolute Gasteiger partial charge is 0.453 e. The molecule has 0 spiro atoms. The normalized spacial score (nSPS) is 28.7. The first kappa shape index (κ1) is 26.0. The highest BCUT2D eigenvalue weighted by molar-refractivity contribution is 7.95. The van der Waals surface area contributed by atoms with Crippen molar-refractivity contribution in [3.05, 3.63) is 103 Å². The topological polar surface area (TPSA) is 75.6 Å². The molecule has 0 bridgehead atoms. The summed E-state index contributed by atoms with van der Waals surface area (Å²) in [6, 6.07) is 31.7. The minimum absolute atomic E-state index is 0.186. The lowest BCUT2D eigenvalue weighted by atomic mass is 9.64. The van der Waals surface area contributed by atoms with E-state index in [2.05, 4.69) is 84.2 Å². The zero-order valence-corrected chi connectivity index (χ0v) is 23.1. The van der Waals surface area contributed by atoms with Crippen molar-refractivity contribution in [3.63, 3.8) is 0 Å². The van der Waals surface area contributed by atoms with Gasteiger partial charge >= 0.3 is 5.97 Å². The van der Waals surface area contributed by atoms with Gasteiger partial charge in [0.05, 0.1) is 18.2 Å². The van der Waals surface area contributed by atoms with Crippen LogP contribution in [0.25, 0.3) is 0 Å². The molecule has 0 radical (unpaired) electrons. The molecule has 0 aromatic heterocycles. The second-order valence-corrected chi connectivity index (χ2v) is 14.8. The number of aliphatic hydroxyl groups excluding tert-OH is 1. The lowest BCUT2D eigenvalue weighted by Gasteiger charge is -2.54. The molecule has 2 aliphatic heterocycles. The molecule has 3 aromatic rings. The highest BCUT2D eigenvalue weighted by Crippen LogP contribution is 2.59. The lowest BCUT2D eigenvalue weighted by Crippen LogP contribution is -2.80. The Morgan fingerprint density at radius 3 is 1.92 bits per heavy atom. The van der Waals surface area contributed by atoms with Gasteiger partial charge in [-0.25, -0.2) is 4.79 Å². The Morgan fingerprint density at radius 2 is 1.46 bits per heavy atom. The van der Waals surface area contributed by atoms with E-state index in [-0.39, 0.29) is 11.8 Å². The Kier molecular flexibility index (Phi) is 6.69. The van der Waals surface area contributed by atoms with Gasteiger partial charge in [-0.05, 0) is 69.0 Å². The van der Waals surface area contributed by atoms with E-state index in [9.17, 15) is 14.7 Å². The number of fused-ring (bicyclic) bond motifs is 1. The molecule has 5 nitrogen and oxygen atoms in total. The van der Waals surface area contributed by atoms with Crippen LogP contribution in [0.15, 0.2) is 103 Å². The van der Waals surface area contributed by atoms with Crippen molar-refractivity contribution in [2.75, 3.05) is 6.16 Å². The summed E-state index contributed by atoms with van der Waals surface area (Å²) in [6.07, 6.45) is 6.99. The zero-order chi connectivity index (χ0) is 27.1. The van der Waals surface area contributed by atoms with E-state index >= 15 is 0 Å². The lowest BCUT2D eigenvalue weighted by molar-refractivity contribution is -0.238. The first-order chi connectivity index (χ1) is 18.9. The maximum atomic E-state index is 13.6. The van der Waals surface area contributed by atoms with Gasteiger partial charge in [0.1, 0.15) is 23.2 Å². The first-order valence-corrected chi connectivity index (χ1v) is 15.9. The van der Waals surface area contributed by atoms with Gasteiger partial charge in [0, 0.05) is 5.92 Å². The van der Waals surface area contributed by atoms with Crippen molar-refractivity contribution in [1.82, 2.24) is 5.32 Å². The van der Waals surface area contributed by atoms with E-state index in [0.717, 1.165) is 25.4 Å². The summed E-state index contributed by atoms with van der Waals surface area (Å²) in [7, 11) is -2.17. The van der Waals surface area contributed by atoms with E-state index in [1.165, 1.54) is 15.9 Å². The summed E-state index contributed by atoms with van der Waals surface area (Å²) in [5.74, 6) is -1.49. The van der Waals surface area contributed by atoms with Crippen LogP contribution >= 0.6 is 7.26 Å². The Bertz CT molecular complexity index is 1280. The van der Waals surface area contributed by atoms with Crippen molar-refractivity contribution in [1.29, 1.82) is 0 Å². The maximum Gasteiger partial charge on any atom is 0.339 e. The number of aliphatic hydroxyl groups is 1. The maximum absolute atomic E-state index is 13.6. The number of hydrogen-bond donors (Lipinski definition) is 2. The van der Waals surface area contributed by atoms with Gasteiger partial charge in [-0.3, -0.25) is 4.79 Å². The van der Waals surface area contributed by atoms with Gasteiger partial charge < -0.3 is 15.2 Å². The van der Waals surface area contributed by atoms with E-state index in [1.807, 2.05) is 31.2 Å².